The number of aromatic nitrogens is 1. The fraction of sp³-hybridized carbons (Fsp3) is 0.400. The van der Waals surface area contributed by atoms with Gasteiger partial charge in [0.25, 0.3) is 0 Å². The van der Waals surface area contributed by atoms with Gasteiger partial charge in [-0.25, -0.2) is 9.37 Å². The Hall–Kier alpha value is -2.51. The first-order valence-electron chi connectivity index (χ1n) is 9.34. The van der Waals surface area contributed by atoms with Crippen LogP contribution < -0.4 is 10.7 Å². The Bertz CT molecular complexity index is 776. The van der Waals surface area contributed by atoms with Crippen LogP contribution in [0.15, 0.2) is 47.7 Å². The van der Waals surface area contributed by atoms with E-state index in [2.05, 4.69) is 31.8 Å². The lowest BCUT2D eigenvalue weighted by atomic mass is 9.89. The van der Waals surface area contributed by atoms with E-state index in [0.717, 1.165) is 56.3 Å². The minimum absolute atomic E-state index is 0.00537. The van der Waals surface area contributed by atoms with Crippen LogP contribution >= 0.6 is 0 Å². The fourth-order valence-electron chi connectivity index (χ4n) is 3.52. The first kappa shape index (κ1) is 17.9. The van der Waals surface area contributed by atoms with Crippen molar-refractivity contribution in [1.82, 2.24) is 15.3 Å². The number of hydrogen-bond acceptors (Lipinski definition) is 6. The van der Waals surface area contributed by atoms with E-state index < -0.39 is 0 Å². The summed E-state index contributed by atoms with van der Waals surface area (Å²) in [5, 5.41) is 7.66. The van der Waals surface area contributed by atoms with E-state index in [4.69, 9.17) is 4.74 Å². The van der Waals surface area contributed by atoms with Crippen LogP contribution in [0.25, 0.3) is 0 Å². The van der Waals surface area contributed by atoms with E-state index in [1.807, 2.05) is 18.5 Å². The molecule has 0 spiro atoms. The number of nitrogens with one attached hydrogen (secondary N) is 2. The summed E-state index contributed by atoms with van der Waals surface area (Å²) >= 11 is 0. The number of hydrogen-bond donors (Lipinski definition) is 2. The van der Waals surface area contributed by atoms with Crippen molar-refractivity contribution in [3.8, 4) is 0 Å². The van der Waals surface area contributed by atoms with Crippen molar-refractivity contribution in [2.24, 2.45) is 5.10 Å². The zero-order valence-electron chi connectivity index (χ0n) is 15.1. The molecule has 1 fully saturated rings. The summed E-state index contributed by atoms with van der Waals surface area (Å²) in [6, 6.07) is 10.6. The van der Waals surface area contributed by atoms with E-state index in [1.54, 1.807) is 12.1 Å². The van der Waals surface area contributed by atoms with E-state index in [1.165, 1.54) is 12.1 Å². The standard InChI is InChI=1S/C20H24FN5O/c21-17-3-1-15(2-4-17)20-18(14-24-25-20)16-5-6-22-19(13-16)23-7-8-26-9-11-27-12-10-26/h1-6,13-14,18,20,25H,7-12H2,(H,22,23). The Morgan fingerprint density at radius 1 is 1.15 bits per heavy atom. The number of benzene rings is 1. The molecule has 142 valence electrons. The highest BCUT2D eigenvalue weighted by Crippen LogP contribution is 2.33. The molecule has 0 radical (unpaired) electrons. The molecule has 6 nitrogen and oxygen atoms in total. The van der Waals surface area contributed by atoms with Crippen molar-refractivity contribution >= 4 is 12.0 Å². The van der Waals surface area contributed by atoms with E-state index in [9.17, 15) is 4.39 Å². The smallest absolute Gasteiger partial charge is 0.126 e. The molecule has 1 aromatic carbocycles. The molecule has 2 N–H and O–H groups in total. The molecule has 3 heterocycles. The first-order valence-corrected chi connectivity index (χ1v) is 9.34. The second kappa shape index (κ2) is 8.45. The Balaban J connectivity index is 1.40. The molecule has 1 saturated heterocycles. The number of halogens is 1. The minimum atomic E-state index is -0.232. The molecular formula is C20H24FN5O. The number of pyridine rings is 1. The molecule has 2 unspecified atom stereocenters. The van der Waals surface area contributed by atoms with Gasteiger partial charge in [0.05, 0.1) is 19.3 Å². The second-order valence-corrected chi connectivity index (χ2v) is 6.82. The first-order chi connectivity index (χ1) is 13.3. The summed E-state index contributed by atoms with van der Waals surface area (Å²) in [6.07, 6.45) is 3.72. The summed E-state index contributed by atoms with van der Waals surface area (Å²) in [6.45, 7) is 5.41. The van der Waals surface area contributed by atoms with Crippen LogP contribution in [0.2, 0.25) is 0 Å². The number of rotatable bonds is 6. The zero-order chi connectivity index (χ0) is 18.5. The van der Waals surface area contributed by atoms with E-state index >= 15 is 0 Å². The summed E-state index contributed by atoms with van der Waals surface area (Å²) in [5.74, 6) is 0.710. The average molecular weight is 369 g/mol. The lowest BCUT2D eigenvalue weighted by Gasteiger charge is -2.26. The highest BCUT2D eigenvalue weighted by Gasteiger charge is 2.27. The van der Waals surface area contributed by atoms with Crippen molar-refractivity contribution in [3.63, 3.8) is 0 Å². The monoisotopic (exact) mass is 369 g/mol. The third-order valence-corrected chi connectivity index (χ3v) is 5.04. The lowest BCUT2D eigenvalue weighted by Crippen LogP contribution is -2.39. The SMILES string of the molecule is Fc1ccc(C2NN=CC2c2ccnc(NCCN3CCOCC3)c2)cc1. The van der Waals surface area contributed by atoms with Gasteiger partial charge < -0.3 is 15.5 Å². The van der Waals surface area contributed by atoms with Gasteiger partial charge in [0.1, 0.15) is 11.6 Å². The summed E-state index contributed by atoms with van der Waals surface area (Å²) in [4.78, 5) is 6.82. The van der Waals surface area contributed by atoms with Crippen molar-refractivity contribution in [2.45, 2.75) is 12.0 Å². The van der Waals surface area contributed by atoms with Gasteiger partial charge >= 0.3 is 0 Å². The molecule has 2 aromatic rings. The number of ether oxygens (including phenoxy) is 1. The molecule has 0 amide bonds. The quantitative estimate of drug-likeness (QED) is 0.819. The second-order valence-electron chi connectivity index (χ2n) is 6.82. The Kier molecular flexibility index (Phi) is 5.60. The highest BCUT2D eigenvalue weighted by atomic mass is 19.1. The van der Waals surface area contributed by atoms with Crippen LogP contribution in [0.3, 0.4) is 0 Å². The molecule has 2 aliphatic heterocycles. The summed E-state index contributed by atoms with van der Waals surface area (Å²) in [5.41, 5.74) is 5.27. The number of anilines is 1. The molecule has 2 aliphatic rings. The van der Waals surface area contributed by atoms with Gasteiger partial charge in [0.15, 0.2) is 0 Å². The number of nitrogens with zero attached hydrogens (tertiary/aromatic N) is 3. The zero-order valence-corrected chi connectivity index (χ0v) is 15.1. The molecule has 27 heavy (non-hydrogen) atoms. The molecular weight excluding hydrogens is 345 g/mol. The fourth-order valence-corrected chi connectivity index (χ4v) is 3.52. The number of hydrazone groups is 1. The predicted octanol–water partition coefficient (Wildman–Crippen LogP) is 2.38. The lowest BCUT2D eigenvalue weighted by molar-refractivity contribution is 0.0398. The van der Waals surface area contributed by atoms with Gasteiger partial charge in [-0.15, -0.1) is 0 Å². The molecule has 1 aromatic heterocycles. The van der Waals surface area contributed by atoms with Crippen LogP contribution in [0, 0.1) is 5.82 Å². The topological polar surface area (TPSA) is 61.8 Å². The molecule has 0 bridgehead atoms. The van der Waals surface area contributed by atoms with Gasteiger partial charge in [0, 0.05) is 44.5 Å². The van der Waals surface area contributed by atoms with Crippen LogP contribution in [0.1, 0.15) is 23.1 Å². The van der Waals surface area contributed by atoms with Crippen molar-refractivity contribution in [3.05, 3.63) is 59.5 Å². The molecule has 2 atom stereocenters. The van der Waals surface area contributed by atoms with Gasteiger partial charge in [-0.1, -0.05) is 12.1 Å². The largest absolute Gasteiger partial charge is 0.379 e. The molecule has 0 aliphatic carbocycles. The highest BCUT2D eigenvalue weighted by molar-refractivity contribution is 5.72. The predicted molar refractivity (Wildman–Crippen MR) is 103 cm³/mol. The van der Waals surface area contributed by atoms with Gasteiger partial charge in [-0.2, -0.15) is 5.10 Å². The van der Waals surface area contributed by atoms with Crippen molar-refractivity contribution < 1.29 is 9.13 Å². The molecule has 0 saturated carbocycles. The van der Waals surface area contributed by atoms with Crippen molar-refractivity contribution in [1.29, 1.82) is 0 Å². The normalized spacial score (nSPS) is 22.6. The van der Waals surface area contributed by atoms with E-state index in [-0.39, 0.29) is 17.8 Å². The van der Waals surface area contributed by atoms with Crippen LogP contribution in [-0.2, 0) is 4.74 Å². The average Bonchev–Trinajstić information content (AvgIpc) is 3.20. The summed E-state index contributed by atoms with van der Waals surface area (Å²) in [7, 11) is 0. The van der Waals surface area contributed by atoms with Crippen LogP contribution in [0.4, 0.5) is 10.2 Å². The van der Waals surface area contributed by atoms with Crippen molar-refractivity contribution in [2.75, 3.05) is 44.7 Å². The molecule has 4 rings (SSSR count). The number of morpholine rings is 1. The third kappa shape index (κ3) is 4.43. The molecule has 7 heteroatoms. The Labute approximate surface area is 158 Å². The van der Waals surface area contributed by atoms with Gasteiger partial charge in [-0.05, 0) is 35.4 Å². The van der Waals surface area contributed by atoms with E-state index in [0.29, 0.717) is 0 Å². The Morgan fingerprint density at radius 3 is 2.78 bits per heavy atom. The maximum Gasteiger partial charge on any atom is 0.126 e. The third-order valence-electron chi connectivity index (χ3n) is 5.04. The van der Waals surface area contributed by atoms with Gasteiger partial charge in [-0.3, -0.25) is 4.90 Å². The van der Waals surface area contributed by atoms with Crippen LogP contribution in [0.5, 0.6) is 0 Å². The summed E-state index contributed by atoms with van der Waals surface area (Å²) < 4.78 is 18.6. The maximum atomic E-state index is 13.2. The van der Waals surface area contributed by atoms with Crippen LogP contribution in [-0.4, -0.2) is 55.5 Å². The maximum absolute atomic E-state index is 13.2. The minimum Gasteiger partial charge on any atom is -0.379 e. The van der Waals surface area contributed by atoms with Gasteiger partial charge in [0.2, 0.25) is 0 Å². The Morgan fingerprint density at radius 2 is 1.96 bits per heavy atom.